The van der Waals surface area contributed by atoms with E-state index in [2.05, 4.69) is 12.2 Å². The SMILES string of the molecule is COC(=O)C1(NC(=O)/C=C/c2ccc(OC)cc2OC)CCC(C)CC1. The first-order valence-electron chi connectivity index (χ1n) is 8.75. The van der Waals surface area contributed by atoms with Crippen LogP contribution in [0.1, 0.15) is 38.2 Å². The predicted octanol–water partition coefficient (Wildman–Crippen LogP) is 2.96. The maximum Gasteiger partial charge on any atom is 0.331 e. The van der Waals surface area contributed by atoms with Crippen LogP contribution in [0.4, 0.5) is 0 Å². The van der Waals surface area contributed by atoms with Crippen LogP contribution in [0.2, 0.25) is 0 Å². The van der Waals surface area contributed by atoms with Gasteiger partial charge >= 0.3 is 5.97 Å². The highest BCUT2D eigenvalue weighted by Crippen LogP contribution is 2.33. The third-order valence-corrected chi connectivity index (χ3v) is 4.92. The van der Waals surface area contributed by atoms with Gasteiger partial charge in [-0.15, -0.1) is 0 Å². The lowest BCUT2D eigenvalue weighted by Crippen LogP contribution is -2.56. The lowest BCUT2D eigenvalue weighted by atomic mass is 9.77. The molecule has 1 aromatic rings. The molecule has 6 nitrogen and oxygen atoms in total. The number of hydrogen-bond donors (Lipinski definition) is 1. The molecular formula is C20H27NO5. The third kappa shape index (κ3) is 4.56. The molecule has 1 saturated carbocycles. The summed E-state index contributed by atoms with van der Waals surface area (Å²) in [6, 6.07) is 5.34. The van der Waals surface area contributed by atoms with Crippen LogP contribution >= 0.6 is 0 Å². The van der Waals surface area contributed by atoms with Gasteiger partial charge in [0.25, 0.3) is 0 Å². The van der Waals surface area contributed by atoms with Crippen LogP contribution in [0, 0.1) is 5.92 Å². The molecule has 0 heterocycles. The average molecular weight is 361 g/mol. The van der Waals surface area contributed by atoms with E-state index in [1.807, 2.05) is 0 Å². The van der Waals surface area contributed by atoms with E-state index in [0.717, 1.165) is 18.4 Å². The van der Waals surface area contributed by atoms with E-state index >= 15 is 0 Å². The van der Waals surface area contributed by atoms with Gasteiger partial charge in [0.1, 0.15) is 17.0 Å². The Bertz CT molecular complexity index is 675. The molecule has 0 spiro atoms. The third-order valence-electron chi connectivity index (χ3n) is 4.92. The molecule has 0 saturated heterocycles. The van der Waals surface area contributed by atoms with Crippen molar-refractivity contribution in [3.05, 3.63) is 29.8 Å². The molecule has 0 aliphatic heterocycles. The van der Waals surface area contributed by atoms with Crippen LogP contribution in [0.3, 0.4) is 0 Å². The first-order valence-corrected chi connectivity index (χ1v) is 8.75. The van der Waals surface area contributed by atoms with Crippen LogP contribution in [-0.2, 0) is 14.3 Å². The summed E-state index contributed by atoms with van der Waals surface area (Å²) in [5.41, 5.74) is -0.194. The van der Waals surface area contributed by atoms with Gasteiger partial charge in [-0.2, -0.15) is 0 Å². The number of hydrogen-bond acceptors (Lipinski definition) is 5. The second-order valence-corrected chi connectivity index (χ2v) is 6.69. The highest BCUT2D eigenvalue weighted by molar-refractivity contribution is 5.96. The summed E-state index contributed by atoms with van der Waals surface area (Å²) in [6.45, 7) is 2.15. The van der Waals surface area contributed by atoms with Crippen molar-refractivity contribution in [3.63, 3.8) is 0 Å². The number of rotatable bonds is 6. The van der Waals surface area contributed by atoms with Gasteiger partial charge in [0.2, 0.25) is 5.91 Å². The van der Waals surface area contributed by atoms with Gasteiger partial charge in [-0.25, -0.2) is 4.79 Å². The van der Waals surface area contributed by atoms with Crippen LogP contribution in [-0.4, -0.2) is 38.7 Å². The van der Waals surface area contributed by atoms with Crippen molar-refractivity contribution in [2.24, 2.45) is 5.92 Å². The largest absolute Gasteiger partial charge is 0.497 e. The molecule has 1 N–H and O–H groups in total. The monoisotopic (exact) mass is 361 g/mol. The van der Waals surface area contributed by atoms with Crippen molar-refractivity contribution >= 4 is 18.0 Å². The number of methoxy groups -OCH3 is 3. The molecule has 0 unspecified atom stereocenters. The zero-order chi connectivity index (χ0) is 19.2. The Hall–Kier alpha value is -2.50. The van der Waals surface area contributed by atoms with E-state index in [-0.39, 0.29) is 11.9 Å². The molecule has 6 heteroatoms. The molecule has 1 amide bonds. The number of esters is 1. The summed E-state index contributed by atoms with van der Waals surface area (Å²) < 4.78 is 15.4. The summed E-state index contributed by atoms with van der Waals surface area (Å²) in [4.78, 5) is 24.7. The van der Waals surface area contributed by atoms with Crippen molar-refractivity contribution in [2.45, 2.75) is 38.1 Å². The van der Waals surface area contributed by atoms with E-state index in [0.29, 0.717) is 30.3 Å². The van der Waals surface area contributed by atoms with Crippen LogP contribution < -0.4 is 14.8 Å². The molecule has 2 rings (SSSR count). The molecule has 1 fully saturated rings. The van der Waals surface area contributed by atoms with Crippen molar-refractivity contribution in [1.82, 2.24) is 5.32 Å². The highest BCUT2D eigenvalue weighted by atomic mass is 16.5. The van der Waals surface area contributed by atoms with Gasteiger partial charge in [0, 0.05) is 17.7 Å². The predicted molar refractivity (Wildman–Crippen MR) is 99.1 cm³/mol. The Morgan fingerprint density at radius 3 is 2.42 bits per heavy atom. The molecule has 1 aliphatic carbocycles. The molecular weight excluding hydrogens is 334 g/mol. The Balaban J connectivity index is 2.13. The van der Waals surface area contributed by atoms with Crippen LogP contribution in [0.25, 0.3) is 6.08 Å². The van der Waals surface area contributed by atoms with E-state index in [1.54, 1.807) is 38.5 Å². The minimum Gasteiger partial charge on any atom is -0.497 e. The van der Waals surface area contributed by atoms with Crippen molar-refractivity contribution in [3.8, 4) is 11.5 Å². The van der Waals surface area contributed by atoms with Crippen molar-refractivity contribution in [1.29, 1.82) is 0 Å². The Morgan fingerprint density at radius 1 is 1.15 bits per heavy atom. The smallest absolute Gasteiger partial charge is 0.331 e. The zero-order valence-electron chi connectivity index (χ0n) is 15.8. The number of nitrogens with one attached hydrogen (secondary N) is 1. The first kappa shape index (κ1) is 19.8. The van der Waals surface area contributed by atoms with Gasteiger partial charge in [-0.1, -0.05) is 6.92 Å². The van der Waals surface area contributed by atoms with Crippen LogP contribution in [0.15, 0.2) is 24.3 Å². The molecule has 0 radical (unpaired) electrons. The first-order chi connectivity index (χ1) is 12.4. The topological polar surface area (TPSA) is 73.9 Å². The Kier molecular flexibility index (Phi) is 6.66. The highest BCUT2D eigenvalue weighted by Gasteiger charge is 2.43. The van der Waals surface area contributed by atoms with E-state index in [1.165, 1.54) is 13.2 Å². The fourth-order valence-corrected chi connectivity index (χ4v) is 3.23. The second kappa shape index (κ2) is 8.74. The van der Waals surface area contributed by atoms with Gasteiger partial charge < -0.3 is 19.5 Å². The van der Waals surface area contributed by atoms with Gasteiger partial charge in [-0.05, 0) is 49.8 Å². The Labute approximate surface area is 154 Å². The standard InChI is InChI=1S/C20H27NO5/c1-14-9-11-20(12-10-14,19(23)26-4)21-18(22)8-6-15-5-7-16(24-2)13-17(15)25-3/h5-8,13-14H,9-12H2,1-4H3,(H,21,22)/b8-6+. The van der Waals surface area contributed by atoms with Crippen molar-refractivity contribution in [2.75, 3.05) is 21.3 Å². The van der Waals surface area contributed by atoms with Gasteiger partial charge in [-0.3, -0.25) is 4.79 Å². The normalized spacial score (nSPS) is 22.7. The Morgan fingerprint density at radius 2 is 1.85 bits per heavy atom. The fourth-order valence-electron chi connectivity index (χ4n) is 3.23. The molecule has 0 aromatic heterocycles. The van der Waals surface area contributed by atoms with Crippen molar-refractivity contribution < 1.29 is 23.8 Å². The fraction of sp³-hybridized carbons (Fsp3) is 0.500. The number of amides is 1. The summed E-state index contributed by atoms with van der Waals surface area (Å²) in [5.74, 6) is 1.10. The zero-order valence-corrected chi connectivity index (χ0v) is 15.8. The minimum absolute atomic E-state index is 0.331. The molecule has 26 heavy (non-hydrogen) atoms. The van der Waals surface area contributed by atoms with E-state index < -0.39 is 5.54 Å². The molecule has 0 bridgehead atoms. The van der Waals surface area contributed by atoms with Crippen LogP contribution in [0.5, 0.6) is 11.5 Å². The number of ether oxygens (including phenoxy) is 3. The number of benzene rings is 1. The average Bonchev–Trinajstić information content (AvgIpc) is 2.67. The van der Waals surface area contributed by atoms with E-state index in [4.69, 9.17) is 14.2 Å². The summed E-state index contributed by atoms with van der Waals surface area (Å²) in [5, 5.41) is 2.87. The maximum absolute atomic E-state index is 12.4. The lowest BCUT2D eigenvalue weighted by molar-refractivity contribution is -0.152. The summed E-state index contributed by atoms with van der Waals surface area (Å²) in [7, 11) is 4.49. The maximum atomic E-state index is 12.4. The molecule has 1 aliphatic rings. The van der Waals surface area contributed by atoms with Gasteiger partial charge in [0.15, 0.2) is 0 Å². The quantitative estimate of drug-likeness (QED) is 0.623. The summed E-state index contributed by atoms with van der Waals surface area (Å²) in [6.07, 6.45) is 6.01. The molecule has 0 atom stereocenters. The summed E-state index contributed by atoms with van der Waals surface area (Å²) >= 11 is 0. The van der Waals surface area contributed by atoms with E-state index in [9.17, 15) is 9.59 Å². The molecule has 1 aromatic carbocycles. The molecule has 142 valence electrons. The second-order valence-electron chi connectivity index (χ2n) is 6.69. The lowest BCUT2D eigenvalue weighted by Gasteiger charge is -2.37. The van der Waals surface area contributed by atoms with Gasteiger partial charge in [0.05, 0.1) is 21.3 Å². The number of carbonyl (C=O) groups is 2. The number of carbonyl (C=O) groups excluding carboxylic acids is 2. The minimum atomic E-state index is -0.938.